The summed E-state index contributed by atoms with van der Waals surface area (Å²) in [5.74, 6) is 5.14. The highest BCUT2D eigenvalue weighted by atomic mass is 16.1. The molecule has 0 aliphatic rings. The van der Waals surface area contributed by atoms with Crippen LogP contribution in [0.3, 0.4) is 0 Å². The fourth-order valence-electron chi connectivity index (χ4n) is 1.80. The van der Waals surface area contributed by atoms with Crippen LogP contribution >= 0.6 is 0 Å². The second-order valence-corrected chi connectivity index (χ2v) is 4.45. The number of hydrazine groups is 1. The highest BCUT2D eigenvalue weighted by Gasteiger charge is 2.04. The van der Waals surface area contributed by atoms with Crippen LogP contribution in [-0.4, -0.2) is 11.9 Å². The van der Waals surface area contributed by atoms with E-state index in [-0.39, 0.29) is 5.91 Å². The van der Waals surface area contributed by atoms with Crippen molar-refractivity contribution >= 4 is 5.91 Å². The lowest BCUT2D eigenvalue weighted by atomic mass is 10.0. The highest BCUT2D eigenvalue weighted by Crippen LogP contribution is 2.10. The van der Waals surface area contributed by atoms with Crippen molar-refractivity contribution in [2.75, 3.05) is 0 Å². The summed E-state index contributed by atoms with van der Waals surface area (Å²) in [6, 6.07) is 0.432. The van der Waals surface area contributed by atoms with Gasteiger partial charge in [-0.1, -0.05) is 38.7 Å². The lowest BCUT2D eigenvalue weighted by molar-refractivity contribution is -0.113. The van der Waals surface area contributed by atoms with Crippen LogP contribution in [0.15, 0.2) is 12.2 Å². The number of carbonyl (C=O) groups excluding carboxylic acids is 1. The van der Waals surface area contributed by atoms with Crippen LogP contribution in [0.1, 0.15) is 58.3 Å². The minimum absolute atomic E-state index is 0.369. The van der Waals surface area contributed by atoms with Gasteiger partial charge in [-0.2, -0.15) is 0 Å². The van der Waals surface area contributed by atoms with E-state index in [0.717, 1.165) is 32.1 Å². The molecule has 0 aromatic heterocycles. The molecule has 0 heterocycles. The van der Waals surface area contributed by atoms with Gasteiger partial charge in [-0.3, -0.25) is 16.1 Å². The number of nitrogens with one attached hydrogen (secondary N) is 1. The van der Waals surface area contributed by atoms with Crippen LogP contribution in [0.4, 0.5) is 0 Å². The molecule has 0 aliphatic heterocycles. The molecule has 0 radical (unpaired) electrons. The molecular formula is C13H27N3O. The summed E-state index contributed by atoms with van der Waals surface area (Å²) in [5.41, 5.74) is 7.87. The van der Waals surface area contributed by atoms with Gasteiger partial charge in [0.25, 0.3) is 0 Å². The fraction of sp³-hybridized carbons (Fsp3) is 0.769. The molecule has 1 atom stereocenters. The molecule has 1 unspecified atom stereocenters. The van der Waals surface area contributed by atoms with Crippen molar-refractivity contribution in [2.45, 2.75) is 64.3 Å². The van der Waals surface area contributed by atoms with E-state index in [2.05, 4.69) is 12.3 Å². The van der Waals surface area contributed by atoms with Gasteiger partial charge in [0.05, 0.1) is 0 Å². The predicted octanol–water partition coefficient (Wildman–Crippen LogP) is 2.00. The molecule has 1 amide bonds. The summed E-state index contributed by atoms with van der Waals surface area (Å²) in [7, 11) is 0. The van der Waals surface area contributed by atoms with Crippen LogP contribution in [0.25, 0.3) is 0 Å². The Hall–Kier alpha value is -0.870. The third-order valence-electron chi connectivity index (χ3n) is 2.85. The zero-order chi connectivity index (χ0) is 12.9. The molecule has 4 nitrogen and oxygen atoms in total. The van der Waals surface area contributed by atoms with Gasteiger partial charge < -0.3 is 5.73 Å². The summed E-state index contributed by atoms with van der Waals surface area (Å²) >= 11 is 0. The summed E-state index contributed by atoms with van der Waals surface area (Å²) in [6.45, 7) is 2.20. The average Bonchev–Trinajstić information content (AvgIpc) is 2.31. The van der Waals surface area contributed by atoms with Gasteiger partial charge in [0.1, 0.15) is 0 Å². The second kappa shape index (κ2) is 11.6. The van der Waals surface area contributed by atoms with E-state index in [0.29, 0.717) is 6.04 Å². The maximum Gasteiger partial charge on any atom is 0.241 e. The molecule has 0 fully saturated rings. The fourth-order valence-corrected chi connectivity index (χ4v) is 1.80. The Morgan fingerprint density at radius 1 is 1.24 bits per heavy atom. The number of rotatable bonds is 11. The molecule has 0 bridgehead atoms. The average molecular weight is 241 g/mol. The van der Waals surface area contributed by atoms with Gasteiger partial charge in [0.15, 0.2) is 0 Å². The van der Waals surface area contributed by atoms with Gasteiger partial charge in [-0.25, -0.2) is 0 Å². The topological polar surface area (TPSA) is 81.1 Å². The van der Waals surface area contributed by atoms with Gasteiger partial charge in [0.2, 0.25) is 5.91 Å². The van der Waals surface area contributed by atoms with Crippen LogP contribution < -0.4 is 17.0 Å². The van der Waals surface area contributed by atoms with Crippen LogP contribution in [0.2, 0.25) is 0 Å². The molecule has 0 spiro atoms. The largest absolute Gasteiger partial charge is 0.366 e. The normalized spacial score (nSPS) is 13.1. The lowest BCUT2D eigenvalue weighted by Crippen LogP contribution is -2.34. The Bertz CT molecular complexity index is 217. The van der Waals surface area contributed by atoms with Crippen LogP contribution in [-0.2, 0) is 4.79 Å². The smallest absolute Gasteiger partial charge is 0.241 e. The van der Waals surface area contributed by atoms with Crippen LogP contribution in [0.5, 0.6) is 0 Å². The Kier molecular flexibility index (Phi) is 11.0. The number of primary amides is 1. The zero-order valence-electron chi connectivity index (χ0n) is 11.0. The zero-order valence-corrected chi connectivity index (χ0v) is 11.0. The molecule has 5 N–H and O–H groups in total. The number of carbonyl (C=O) groups is 1. The summed E-state index contributed by atoms with van der Waals surface area (Å²) in [4.78, 5) is 10.4. The van der Waals surface area contributed by atoms with Crippen molar-refractivity contribution in [1.82, 2.24) is 5.43 Å². The van der Waals surface area contributed by atoms with Crippen molar-refractivity contribution in [2.24, 2.45) is 11.6 Å². The van der Waals surface area contributed by atoms with E-state index in [1.807, 2.05) is 6.08 Å². The molecule has 0 aliphatic carbocycles. The standard InChI is InChI=1S/C13H27N3O/c1-2-3-6-9-12(16-15)10-7-4-5-8-11-13(14)17/h8,11-12,16H,2-7,9-10,15H2,1H3,(H2,14,17). The van der Waals surface area contributed by atoms with Crippen molar-refractivity contribution in [1.29, 1.82) is 0 Å². The molecule has 0 saturated carbocycles. The molecule has 0 aromatic carbocycles. The van der Waals surface area contributed by atoms with Gasteiger partial charge >= 0.3 is 0 Å². The van der Waals surface area contributed by atoms with E-state index < -0.39 is 0 Å². The molecule has 0 aromatic rings. The van der Waals surface area contributed by atoms with E-state index in [4.69, 9.17) is 11.6 Å². The molecule has 4 heteroatoms. The number of unbranched alkanes of at least 4 members (excludes halogenated alkanes) is 4. The Morgan fingerprint density at radius 3 is 2.41 bits per heavy atom. The number of hydrogen-bond acceptors (Lipinski definition) is 3. The Balaban J connectivity index is 3.46. The van der Waals surface area contributed by atoms with Crippen molar-refractivity contribution in [3.8, 4) is 0 Å². The van der Waals surface area contributed by atoms with E-state index >= 15 is 0 Å². The Labute approximate surface area is 105 Å². The first-order chi connectivity index (χ1) is 8.20. The maximum atomic E-state index is 10.4. The summed E-state index contributed by atoms with van der Waals surface area (Å²) in [5, 5.41) is 0. The molecule has 100 valence electrons. The van der Waals surface area contributed by atoms with Gasteiger partial charge in [-0.15, -0.1) is 0 Å². The first-order valence-electron chi connectivity index (χ1n) is 6.62. The molecule has 0 saturated heterocycles. The summed E-state index contributed by atoms with van der Waals surface area (Å²) < 4.78 is 0. The SMILES string of the molecule is CCCCCC(CCCCC=CC(N)=O)NN. The second-order valence-electron chi connectivity index (χ2n) is 4.45. The van der Waals surface area contributed by atoms with E-state index in [9.17, 15) is 4.79 Å². The molecular weight excluding hydrogens is 214 g/mol. The van der Waals surface area contributed by atoms with Crippen molar-refractivity contribution < 1.29 is 4.79 Å². The van der Waals surface area contributed by atoms with E-state index in [1.165, 1.54) is 25.3 Å². The van der Waals surface area contributed by atoms with Crippen molar-refractivity contribution in [3.63, 3.8) is 0 Å². The quantitative estimate of drug-likeness (QED) is 0.224. The van der Waals surface area contributed by atoms with Crippen LogP contribution in [0, 0.1) is 0 Å². The number of hydrogen-bond donors (Lipinski definition) is 3. The summed E-state index contributed by atoms with van der Waals surface area (Å²) in [6.07, 6.45) is 12.4. The monoisotopic (exact) mass is 241 g/mol. The highest BCUT2D eigenvalue weighted by molar-refractivity contribution is 5.85. The first kappa shape index (κ1) is 16.1. The lowest BCUT2D eigenvalue weighted by Gasteiger charge is -2.14. The third-order valence-corrected chi connectivity index (χ3v) is 2.85. The predicted molar refractivity (Wildman–Crippen MR) is 72.1 cm³/mol. The van der Waals surface area contributed by atoms with Gasteiger partial charge in [-0.05, 0) is 31.8 Å². The Morgan fingerprint density at radius 2 is 1.88 bits per heavy atom. The van der Waals surface area contributed by atoms with Gasteiger partial charge in [0, 0.05) is 6.04 Å². The van der Waals surface area contributed by atoms with Crippen molar-refractivity contribution in [3.05, 3.63) is 12.2 Å². The third kappa shape index (κ3) is 11.4. The minimum atomic E-state index is -0.369. The minimum Gasteiger partial charge on any atom is -0.366 e. The number of allylic oxidation sites excluding steroid dienone is 1. The molecule has 17 heavy (non-hydrogen) atoms. The number of nitrogens with two attached hydrogens (primary N) is 2. The first-order valence-corrected chi connectivity index (χ1v) is 6.62. The van der Waals surface area contributed by atoms with E-state index in [1.54, 1.807) is 0 Å². The number of amides is 1. The maximum absolute atomic E-state index is 10.4. The molecule has 0 rings (SSSR count).